The van der Waals surface area contributed by atoms with Gasteiger partial charge in [0, 0.05) is 13.6 Å². The minimum atomic E-state index is -0.492. The fourth-order valence-corrected chi connectivity index (χ4v) is 3.96. The van der Waals surface area contributed by atoms with Gasteiger partial charge in [0.2, 0.25) is 0 Å². The Hall–Kier alpha value is -3.66. The maximum absolute atomic E-state index is 11.9. The number of rotatable bonds is 5. The van der Waals surface area contributed by atoms with Gasteiger partial charge < -0.3 is 20.8 Å². The van der Waals surface area contributed by atoms with Gasteiger partial charge in [0.1, 0.15) is 22.5 Å². The molecule has 0 saturated heterocycles. The number of imidazole rings is 1. The quantitative estimate of drug-likeness (QED) is 0.398. The van der Waals surface area contributed by atoms with E-state index < -0.39 is 17.4 Å². The summed E-state index contributed by atoms with van der Waals surface area (Å²) in [5.41, 5.74) is 3.22. The summed E-state index contributed by atoms with van der Waals surface area (Å²) in [7, 11) is 1.45. The van der Waals surface area contributed by atoms with Crippen molar-refractivity contribution in [1.82, 2.24) is 24.8 Å². The molecule has 0 radical (unpaired) electrons. The highest BCUT2D eigenvalue weighted by molar-refractivity contribution is 7.17. The van der Waals surface area contributed by atoms with Crippen LogP contribution < -0.4 is 10.6 Å². The van der Waals surface area contributed by atoms with E-state index in [-0.39, 0.29) is 9.88 Å². The van der Waals surface area contributed by atoms with E-state index in [0.29, 0.717) is 23.5 Å². The molecule has 0 aliphatic carbocycles. The summed E-state index contributed by atoms with van der Waals surface area (Å²) in [6.45, 7) is 2.59. The Labute approximate surface area is 169 Å². The van der Waals surface area contributed by atoms with Crippen LogP contribution in [-0.2, 0) is 6.54 Å². The van der Waals surface area contributed by atoms with Crippen LogP contribution >= 0.6 is 11.3 Å². The Bertz CT molecular complexity index is 1220. The number of nitrogens with one attached hydrogen (secondary N) is 2. The molecule has 4 aromatic rings. The summed E-state index contributed by atoms with van der Waals surface area (Å²) in [5.74, 6) is -0.825. The maximum atomic E-state index is 11.9. The predicted octanol–water partition coefficient (Wildman–Crippen LogP) is 2.57. The molecule has 0 unspecified atom stereocenters. The fourth-order valence-electron chi connectivity index (χ4n) is 2.95. The summed E-state index contributed by atoms with van der Waals surface area (Å²) in [6.07, 6.45) is 2.86. The second kappa shape index (κ2) is 7.40. The minimum absolute atomic E-state index is 0.00806. The van der Waals surface area contributed by atoms with Crippen molar-refractivity contribution in [2.75, 3.05) is 12.4 Å². The van der Waals surface area contributed by atoms with Crippen LogP contribution in [0.1, 0.15) is 20.8 Å². The van der Waals surface area contributed by atoms with Crippen LogP contribution in [0.5, 0.6) is 11.5 Å². The molecule has 3 aromatic heterocycles. The molecule has 4 N–H and O–H groups in total. The van der Waals surface area contributed by atoms with E-state index in [1.165, 1.54) is 29.8 Å². The molecule has 0 aliphatic rings. The number of carbonyl (C=O) groups is 1. The lowest BCUT2D eigenvalue weighted by Crippen LogP contribution is -2.16. The molecule has 29 heavy (non-hydrogen) atoms. The minimum Gasteiger partial charge on any atom is -0.503 e. The lowest BCUT2D eigenvalue weighted by molar-refractivity contribution is 0.0964. The fraction of sp³-hybridized carbons (Fsp3) is 0.158. The molecule has 0 spiro atoms. The smallest absolute Gasteiger partial charge is 0.265 e. The van der Waals surface area contributed by atoms with Crippen molar-refractivity contribution in [2.24, 2.45) is 0 Å². The molecule has 0 saturated carbocycles. The normalized spacial score (nSPS) is 11.0. The van der Waals surface area contributed by atoms with Crippen molar-refractivity contribution in [2.45, 2.75) is 13.5 Å². The van der Waals surface area contributed by atoms with Crippen LogP contribution in [0.15, 0.2) is 36.9 Å². The molecule has 4 rings (SSSR count). The number of hydrogen-bond donors (Lipinski definition) is 4. The number of aromatic hydroxyl groups is 2. The van der Waals surface area contributed by atoms with Gasteiger partial charge in [0.25, 0.3) is 5.91 Å². The lowest BCUT2D eigenvalue weighted by atomic mass is 10.1. The molecule has 3 heterocycles. The standard InChI is InChI=1S/C19H18N6O3S/c1-10-4-3-5-11(6-10)7-21-16-12-17(23-8-22-16)25(9-24-12)19-14(27)13(26)15(29-19)18(28)20-2/h3-6,8-9,26-27H,7H2,1-2H3,(H,20,28)(H,21,22,23). The monoisotopic (exact) mass is 410 g/mol. The van der Waals surface area contributed by atoms with Crippen molar-refractivity contribution in [1.29, 1.82) is 0 Å². The van der Waals surface area contributed by atoms with Crippen LogP contribution in [0, 0.1) is 6.92 Å². The zero-order valence-electron chi connectivity index (χ0n) is 15.7. The maximum Gasteiger partial charge on any atom is 0.265 e. The number of amides is 1. The van der Waals surface area contributed by atoms with Gasteiger partial charge in [0.05, 0.1) is 0 Å². The number of carbonyl (C=O) groups excluding carboxylic acids is 1. The molecule has 0 fully saturated rings. The van der Waals surface area contributed by atoms with Crippen LogP contribution in [-0.4, -0.2) is 42.7 Å². The topological polar surface area (TPSA) is 125 Å². The Morgan fingerprint density at radius 2 is 2.03 bits per heavy atom. The Balaban J connectivity index is 1.70. The van der Waals surface area contributed by atoms with E-state index in [4.69, 9.17) is 0 Å². The zero-order valence-corrected chi connectivity index (χ0v) is 16.5. The van der Waals surface area contributed by atoms with Gasteiger partial charge in [0.15, 0.2) is 28.5 Å². The number of anilines is 1. The summed E-state index contributed by atoms with van der Waals surface area (Å²) < 4.78 is 1.51. The molecule has 0 aliphatic heterocycles. The first-order chi connectivity index (χ1) is 14.0. The Kier molecular flexibility index (Phi) is 4.77. The second-order valence-corrected chi connectivity index (χ2v) is 7.36. The van der Waals surface area contributed by atoms with Crippen molar-refractivity contribution < 1.29 is 15.0 Å². The molecule has 148 valence electrons. The summed E-state index contributed by atoms with van der Waals surface area (Å²) in [6, 6.07) is 8.12. The van der Waals surface area contributed by atoms with E-state index in [1.54, 1.807) is 0 Å². The molecule has 0 atom stereocenters. The number of benzene rings is 1. The van der Waals surface area contributed by atoms with E-state index in [0.717, 1.165) is 16.9 Å². The number of hydrogen-bond acceptors (Lipinski definition) is 8. The first kappa shape index (κ1) is 18.7. The van der Waals surface area contributed by atoms with Gasteiger partial charge in [-0.1, -0.05) is 29.8 Å². The van der Waals surface area contributed by atoms with Gasteiger partial charge in [-0.2, -0.15) is 0 Å². The van der Waals surface area contributed by atoms with Crippen molar-refractivity contribution in [3.63, 3.8) is 0 Å². The molecular formula is C19H18N6O3S. The van der Waals surface area contributed by atoms with Crippen LogP contribution in [0.2, 0.25) is 0 Å². The zero-order chi connectivity index (χ0) is 20.5. The van der Waals surface area contributed by atoms with Crippen LogP contribution in [0.4, 0.5) is 5.82 Å². The highest BCUT2D eigenvalue weighted by Crippen LogP contribution is 2.43. The number of fused-ring (bicyclic) bond motifs is 1. The molecule has 9 nitrogen and oxygen atoms in total. The summed E-state index contributed by atoms with van der Waals surface area (Å²) in [4.78, 5) is 24.8. The Morgan fingerprint density at radius 1 is 1.21 bits per heavy atom. The molecule has 1 amide bonds. The molecule has 10 heteroatoms. The van der Waals surface area contributed by atoms with E-state index in [2.05, 4.69) is 31.7 Å². The van der Waals surface area contributed by atoms with Crippen molar-refractivity contribution >= 4 is 34.2 Å². The van der Waals surface area contributed by atoms with Crippen molar-refractivity contribution in [3.05, 3.63) is 52.9 Å². The Morgan fingerprint density at radius 3 is 2.79 bits per heavy atom. The first-order valence-electron chi connectivity index (χ1n) is 8.74. The lowest BCUT2D eigenvalue weighted by Gasteiger charge is -2.07. The number of thiophene rings is 1. The van der Waals surface area contributed by atoms with Gasteiger partial charge >= 0.3 is 0 Å². The number of aryl methyl sites for hydroxylation is 1. The van der Waals surface area contributed by atoms with Gasteiger partial charge in [-0.25, -0.2) is 15.0 Å². The number of aromatic nitrogens is 4. The van der Waals surface area contributed by atoms with Gasteiger partial charge in [-0.3, -0.25) is 9.36 Å². The van der Waals surface area contributed by atoms with E-state index in [9.17, 15) is 15.0 Å². The van der Waals surface area contributed by atoms with Crippen molar-refractivity contribution in [3.8, 4) is 16.5 Å². The number of nitrogens with zero attached hydrogens (tertiary/aromatic N) is 4. The van der Waals surface area contributed by atoms with E-state index >= 15 is 0 Å². The van der Waals surface area contributed by atoms with Crippen LogP contribution in [0.3, 0.4) is 0 Å². The summed E-state index contributed by atoms with van der Waals surface area (Å²) >= 11 is 0.939. The van der Waals surface area contributed by atoms with Crippen LogP contribution in [0.25, 0.3) is 16.2 Å². The summed E-state index contributed by atoms with van der Waals surface area (Å²) in [5, 5.41) is 26.3. The third-order valence-corrected chi connectivity index (χ3v) is 5.53. The second-order valence-electron chi connectivity index (χ2n) is 6.36. The third-order valence-electron chi connectivity index (χ3n) is 4.37. The molecule has 1 aromatic carbocycles. The highest BCUT2D eigenvalue weighted by atomic mass is 32.1. The van der Waals surface area contributed by atoms with Gasteiger partial charge in [-0.05, 0) is 12.5 Å². The largest absolute Gasteiger partial charge is 0.503 e. The third kappa shape index (κ3) is 3.34. The van der Waals surface area contributed by atoms with E-state index in [1.807, 2.05) is 25.1 Å². The average molecular weight is 410 g/mol. The SMILES string of the molecule is CNC(=O)c1sc(-n2cnc3c(NCc4cccc(C)c4)ncnc32)c(O)c1O. The first-order valence-corrected chi connectivity index (χ1v) is 9.56. The van der Waals surface area contributed by atoms with Gasteiger partial charge in [-0.15, -0.1) is 11.3 Å². The predicted molar refractivity (Wildman–Crippen MR) is 110 cm³/mol. The molecular weight excluding hydrogens is 392 g/mol. The molecule has 0 bridgehead atoms. The average Bonchev–Trinajstić information content (AvgIpc) is 3.28. The highest BCUT2D eigenvalue weighted by Gasteiger charge is 2.24.